The number of rotatable bonds is 8. The normalized spacial score (nSPS) is 16.6. The highest BCUT2D eigenvalue weighted by atomic mass is 16.5. The summed E-state index contributed by atoms with van der Waals surface area (Å²) in [6.45, 7) is 9.24. The quantitative estimate of drug-likeness (QED) is 0.659. The van der Waals surface area contributed by atoms with Crippen molar-refractivity contribution in [1.29, 1.82) is 0 Å². The standard InChI is InChI=1S/C13H28N2O2/c1-7-9-14-13(4,12(16)17-8-2)10-11(3)15(5)6/h11,14H,7-10H2,1-6H3. The Bertz CT molecular complexity index is 231. The molecule has 0 rings (SSSR count). The van der Waals surface area contributed by atoms with Gasteiger partial charge in [-0.2, -0.15) is 0 Å². The van der Waals surface area contributed by atoms with Crippen molar-refractivity contribution in [3.63, 3.8) is 0 Å². The molecule has 0 spiro atoms. The molecule has 0 saturated carbocycles. The lowest BCUT2D eigenvalue weighted by Gasteiger charge is -2.33. The second kappa shape index (κ2) is 7.67. The average Bonchev–Trinajstić information content (AvgIpc) is 2.26. The van der Waals surface area contributed by atoms with Crippen LogP contribution in [0.15, 0.2) is 0 Å². The minimum atomic E-state index is -0.588. The van der Waals surface area contributed by atoms with Gasteiger partial charge in [-0.1, -0.05) is 6.92 Å². The van der Waals surface area contributed by atoms with Gasteiger partial charge in [0.05, 0.1) is 6.61 Å². The Morgan fingerprint density at radius 3 is 2.41 bits per heavy atom. The molecule has 4 nitrogen and oxygen atoms in total. The number of carbonyl (C=O) groups is 1. The molecule has 4 heteroatoms. The molecule has 0 aliphatic carbocycles. The summed E-state index contributed by atoms with van der Waals surface area (Å²) < 4.78 is 5.16. The Kier molecular flexibility index (Phi) is 7.39. The predicted molar refractivity (Wildman–Crippen MR) is 71.1 cm³/mol. The van der Waals surface area contributed by atoms with Crippen LogP contribution in [0.2, 0.25) is 0 Å². The van der Waals surface area contributed by atoms with Crippen molar-refractivity contribution >= 4 is 5.97 Å². The van der Waals surface area contributed by atoms with Crippen LogP contribution in [-0.4, -0.2) is 49.7 Å². The lowest BCUT2D eigenvalue weighted by molar-refractivity contribution is -0.151. The second-order valence-electron chi connectivity index (χ2n) is 5.00. The van der Waals surface area contributed by atoms with Crippen LogP contribution >= 0.6 is 0 Å². The molecule has 1 N–H and O–H groups in total. The molecular formula is C13H28N2O2. The molecule has 0 aromatic heterocycles. The predicted octanol–water partition coefficient (Wildman–Crippen LogP) is 1.65. The molecule has 0 amide bonds. The van der Waals surface area contributed by atoms with Crippen LogP contribution in [0.3, 0.4) is 0 Å². The van der Waals surface area contributed by atoms with Crippen molar-refractivity contribution in [3.05, 3.63) is 0 Å². The minimum Gasteiger partial charge on any atom is -0.465 e. The summed E-state index contributed by atoms with van der Waals surface area (Å²) in [4.78, 5) is 14.1. The van der Waals surface area contributed by atoms with E-state index in [2.05, 4.69) is 24.1 Å². The van der Waals surface area contributed by atoms with Gasteiger partial charge in [-0.25, -0.2) is 0 Å². The van der Waals surface area contributed by atoms with Crippen molar-refractivity contribution in [1.82, 2.24) is 10.2 Å². The minimum absolute atomic E-state index is 0.151. The van der Waals surface area contributed by atoms with Gasteiger partial charge in [0.15, 0.2) is 0 Å². The Balaban J connectivity index is 4.64. The van der Waals surface area contributed by atoms with Gasteiger partial charge < -0.3 is 15.0 Å². The summed E-state index contributed by atoms with van der Waals surface area (Å²) in [5.74, 6) is -0.151. The number of hydrogen-bond donors (Lipinski definition) is 1. The zero-order chi connectivity index (χ0) is 13.5. The zero-order valence-electron chi connectivity index (χ0n) is 12.2. The van der Waals surface area contributed by atoms with E-state index in [0.29, 0.717) is 12.6 Å². The fourth-order valence-corrected chi connectivity index (χ4v) is 1.69. The first-order valence-corrected chi connectivity index (χ1v) is 6.46. The summed E-state index contributed by atoms with van der Waals surface area (Å²) in [5.41, 5.74) is -0.588. The molecule has 0 radical (unpaired) electrons. The fraction of sp³-hybridized carbons (Fsp3) is 0.923. The maximum absolute atomic E-state index is 12.0. The number of nitrogens with zero attached hydrogens (tertiary/aromatic N) is 1. The van der Waals surface area contributed by atoms with Gasteiger partial charge in [0.25, 0.3) is 0 Å². The molecule has 2 atom stereocenters. The zero-order valence-corrected chi connectivity index (χ0v) is 12.2. The lowest BCUT2D eigenvalue weighted by Crippen LogP contribution is -2.53. The number of carbonyl (C=O) groups excluding carboxylic acids is 1. The summed E-state index contributed by atoms with van der Waals surface area (Å²) in [5, 5.41) is 3.31. The first kappa shape index (κ1) is 16.4. The SMILES string of the molecule is CCCNC(C)(CC(C)N(C)C)C(=O)OCC. The van der Waals surface area contributed by atoms with Crippen molar-refractivity contribution in [2.75, 3.05) is 27.2 Å². The first-order chi connectivity index (χ1) is 7.87. The molecule has 0 bridgehead atoms. The van der Waals surface area contributed by atoms with Gasteiger partial charge in [0.1, 0.15) is 5.54 Å². The van der Waals surface area contributed by atoms with Gasteiger partial charge in [-0.05, 0) is 54.3 Å². The molecule has 0 heterocycles. The van der Waals surface area contributed by atoms with E-state index in [1.807, 2.05) is 27.9 Å². The highest BCUT2D eigenvalue weighted by molar-refractivity contribution is 5.80. The van der Waals surface area contributed by atoms with Crippen LogP contribution in [0.4, 0.5) is 0 Å². The highest BCUT2D eigenvalue weighted by Gasteiger charge is 2.35. The Morgan fingerprint density at radius 1 is 1.41 bits per heavy atom. The third kappa shape index (κ3) is 5.50. The van der Waals surface area contributed by atoms with Crippen molar-refractivity contribution in [2.45, 2.75) is 52.1 Å². The van der Waals surface area contributed by atoms with Crippen LogP contribution in [0.5, 0.6) is 0 Å². The van der Waals surface area contributed by atoms with Gasteiger partial charge >= 0.3 is 5.97 Å². The Labute approximate surface area is 106 Å². The van der Waals surface area contributed by atoms with E-state index in [1.165, 1.54) is 0 Å². The summed E-state index contributed by atoms with van der Waals surface area (Å²) >= 11 is 0. The third-order valence-electron chi connectivity index (χ3n) is 3.08. The van der Waals surface area contributed by atoms with Crippen molar-refractivity contribution in [2.24, 2.45) is 0 Å². The number of esters is 1. The molecule has 0 aliphatic rings. The van der Waals surface area contributed by atoms with Crippen molar-refractivity contribution in [3.8, 4) is 0 Å². The molecule has 0 aliphatic heterocycles. The molecule has 0 aromatic rings. The first-order valence-electron chi connectivity index (χ1n) is 6.46. The van der Waals surface area contributed by atoms with E-state index in [-0.39, 0.29) is 5.97 Å². The second-order valence-corrected chi connectivity index (χ2v) is 5.00. The van der Waals surface area contributed by atoms with Gasteiger partial charge in [-0.15, -0.1) is 0 Å². The van der Waals surface area contributed by atoms with Gasteiger partial charge in [0.2, 0.25) is 0 Å². The summed E-state index contributed by atoms with van der Waals surface area (Å²) in [6.07, 6.45) is 1.75. The van der Waals surface area contributed by atoms with E-state index in [9.17, 15) is 4.79 Å². The molecule has 0 fully saturated rings. The van der Waals surface area contributed by atoms with Crippen LogP contribution in [0.1, 0.15) is 40.5 Å². The fourth-order valence-electron chi connectivity index (χ4n) is 1.69. The topological polar surface area (TPSA) is 41.6 Å². The Hall–Kier alpha value is -0.610. The average molecular weight is 244 g/mol. The molecule has 0 aromatic carbocycles. The number of nitrogens with one attached hydrogen (secondary N) is 1. The van der Waals surface area contributed by atoms with E-state index >= 15 is 0 Å². The smallest absolute Gasteiger partial charge is 0.326 e. The van der Waals surface area contributed by atoms with Gasteiger partial charge in [0, 0.05) is 6.04 Å². The maximum Gasteiger partial charge on any atom is 0.326 e. The number of ether oxygens (including phenoxy) is 1. The molecular weight excluding hydrogens is 216 g/mol. The van der Waals surface area contributed by atoms with E-state index in [4.69, 9.17) is 4.74 Å². The maximum atomic E-state index is 12.0. The summed E-state index contributed by atoms with van der Waals surface area (Å²) in [7, 11) is 4.05. The van der Waals surface area contributed by atoms with E-state index < -0.39 is 5.54 Å². The number of hydrogen-bond acceptors (Lipinski definition) is 4. The van der Waals surface area contributed by atoms with E-state index in [1.54, 1.807) is 0 Å². The largest absolute Gasteiger partial charge is 0.465 e. The third-order valence-corrected chi connectivity index (χ3v) is 3.08. The monoisotopic (exact) mass is 244 g/mol. The van der Waals surface area contributed by atoms with Crippen molar-refractivity contribution < 1.29 is 9.53 Å². The Morgan fingerprint density at radius 2 is 2.00 bits per heavy atom. The van der Waals surface area contributed by atoms with E-state index in [0.717, 1.165) is 19.4 Å². The van der Waals surface area contributed by atoms with Gasteiger partial charge in [-0.3, -0.25) is 4.79 Å². The van der Waals surface area contributed by atoms with Crippen LogP contribution < -0.4 is 5.32 Å². The van der Waals surface area contributed by atoms with Crippen LogP contribution in [0, 0.1) is 0 Å². The lowest BCUT2D eigenvalue weighted by atomic mass is 9.93. The summed E-state index contributed by atoms with van der Waals surface area (Å²) in [6, 6.07) is 0.328. The molecule has 0 saturated heterocycles. The van der Waals surface area contributed by atoms with Crippen LogP contribution in [-0.2, 0) is 9.53 Å². The van der Waals surface area contributed by atoms with Crippen LogP contribution in [0.25, 0.3) is 0 Å². The highest BCUT2D eigenvalue weighted by Crippen LogP contribution is 2.17. The molecule has 17 heavy (non-hydrogen) atoms. The molecule has 2 unspecified atom stereocenters. The molecule has 102 valence electrons.